The van der Waals surface area contributed by atoms with Gasteiger partial charge in [-0.2, -0.15) is 10.1 Å². The predicted octanol–water partition coefficient (Wildman–Crippen LogP) is 5.41. The summed E-state index contributed by atoms with van der Waals surface area (Å²) >= 11 is 6.28. The van der Waals surface area contributed by atoms with Crippen LogP contribution in [0.2, 0.25) is 5.02 Å². The van der Waals surface area contributed by atoms with Crippen molar-refractivity contribution in [1.29, 1.82) is 0 Å². The third kappa shape index (κ3) is 5.78. The van der Waals surface area contributed by atoms with Gasteiger partial charge >= 0.3 is 5.97 Å². The highest BCUT2D eigenvalue weighted by Crippen LogP contribution is 2.27. The minimum Gasteiger partial charge on any atom is -0.493 e. The molecule has 0 N–H and O–H groups in total. The zero-order valence-electron chi connectivity index (χ0n) is 19.7. The monoisotopic (exact) mass is 492 g/mol. The lowest BCUT2D eigenvalue weighted by Crippen LogP contribution is -2.04. The molecule has 4 aromatic rings. The summed E-state index contributed by atoms with van der Waals surface area (Å²) in [5, 5.41) is 9.24. The number of benzene rings is 2. The lowest BCUT2D eigenvalue weighted by Gasteiger charge is -2.06. The van der Waals surface area contributed by atoms with Crippen LogP contribution in [-0.4, -0.2) is 32.5 Å². The Morgan fingerprint density at radius 3 is 2.71 bits per heavy atom. The molecule has 0 spiro atoms. The highest BCUT2D eigenvalue weighted by molar-refractivity contribution is 6.31. The number of aromatic nitrogens is 4. The molecule has 0 unspecified atom stereocenters. The van der Waals surface area contributed by atoms with Gasteiger partial charge in [0.05, 0.1) is 24.4 Å². The second kappa shape index (κ2) is 11.0. The summed E-state index contributed by atoms with van der Waals surface area (Å²) < 4.78 is 18.0. The van der Waals surface area contributed by atoms with Gasteiger partial charge in [0.25, 0.3) is 5.89 Å². The van der Waals surface area contributed by atoms with Crippen molar-refractivity contribution in [2.24, 2.45) is 0 Å². The molecule has 180 valence electrons. The van der Waals surface area contributed by atoms with Gasteiger partial charge in [0.1, 0.15) is 5.75 Å². The minimum absolute atomic E-state index is 0.142. The number of ether oxygens (including phenoxy) is 2. The zero-order valence-corrected chi connectivity index (χ0v) is 20.5. The molecule has 2 aromatic carbocycles. The Kier molecular flexibility index (Phi) is 7.62. The van der Waals surface area contributed by atoms with E-state index >= 15 is 0 Å². The third-order valence-corrected chi connectivity index (χ3v) is 5.70. The van der Waals surface area contributed by atoms with Gasteiger partial charge < -0.3 is 14.0 Å². The van der Waals surface area contributed by atoms with Gasteiger partial charge in [-0.25, -0.2) is 4.79 Å². The van der Waals surface area contributed by atoms with Crippen LogP contribution in [0.15, 0.2) is 59.1 Å². The van der Waals surface area contributed by atoms with E-state index in [1.807, 2.05) is 74.0 Å². The Balaban J connectivity index is 1.39. The van der Waals surface area contributed by atoms with E-state index in [2.05, 4.69) is 15.2 Å². The predicted molar refractivity (Wildman–Crippen MR) is 132 cm³/mol. The van der Waals surface area contributed by atoms with Gasteiger partial charge in [-0.3, -0.25) is 4.68 Å². The van der Waals surface area contributed by atoms with E-state index in [-0.39, 0.29) is 12.5 Å². The molecule has 0 saturated heterocycles. The first-order valence-electron chi connectivity index (χ1n) is 11.1. The fourth-order valence-electron chi connectivity index (χ4n) is 3.58. The van der Waals surface area contributed by atoms with Crippen molar-refractivity contribution < 1.29 is 18.8 Å². The summed E-state index contributed by atoms with van der Waals surface area (Å²) in [6.07, 6.45) is 3.05. The van der Waals surface area contributed by atoms with Crippen molar-refractivity contribution >= 4 is 23.6 Å². The van der Waals surface area contributed by atoms with Gasteiger partial charge in [-0.05, 0) is 50.6 Å². The van der Waals surface area contributed by atoms with Crippen molar-refractivity contribution in [2.75, 3.05) is 6.61 Å². The number of hydrogen-bond acceptors (Lipinski definition) is 7. The summed E-state index contributed by atoms with van der Waals surface area (Å²) in [7, 11) is 0. The standard InChI is InChI=1S/C26H25ClN4O4/c1-4-33-23-12-8-6-10-21(23)26-28-24(35-30-26)16-34-25(32)14-13-20-17(2)29-31(18(20)3)15-19-9-5-7-11-22(19)27/h5-14H,4,15-16H2,1-3H3/b14-13+. The van der Waals surface area contributed by atoms with Crippen LogP contribution in [0.3, 0.4) is 0 Å². The van der Waals surface area contributed by atoms with Gasteiger partial charge in [0.15, 0.2) is 6.61 Å². The second-order valence-electron chi connectivity index (χ2n) is 7.72. The second-order valence-corrected chi connectivity index (χ2v) is 8.12. The molecule has 2 aromatic heterocycles. The SMILES string of the molecule is CCOc1ccccc1-c1noc(COC(=O)/C=C/c2c(C)nn(Cc3ccccc3Cl)c2C)n1. The lowest BCUT2D eigenvalue weighted by molar-refractivity contribution is -0.139. The van der Waals surface area contributed by atoms with Crippen molar-refractivity contribution in [2.45, 2.75) is 33.9 Å². The van der Waals surface area contributed by atoms with Gasteiger partial charge in [0, 0.05) is 22.4 Å². The molecule has 0 fully saturated rings. The molecule has 0 amide bonds. The molecule has 0 aliphatic carbocycles. The highest BCUT2D eigenvalue weighted by atomic mass is 35.5. The Morgan fingerprint density at radius 2 is 1.91 bits per heavy atom. The van der Waals surface area contributed by atoms with E-state index in [4.69, 9.17) is 25.6 Å². The maximum Gasteiger partial charge on any atom is 0.331 e. The first kappa shape index (κ1) is 24.2. The summed E-state index contributed by atoms with van der Waals surface area (Å²) in [5.74, 6) is 0.681. The van der Waals surface area contributed by atoms with E-state index in [0.29, 0.717) is 35.3 Å². The van der Waals surface area contributed by atoms with Crippen LogP contribution in [-0.2, 0) is 22.7 Å². The van der Waals surface area contributed by atoms with Crippen molar-refractivity contribution in [1.82, 2.24) is 19.9 Å². The van der Waals surface area contributed by atoms with Crippen LogP contribution < -0.4 is 4.74 Å². The normalized spacial score (nSPS) is 11.2. The lowest BCUT2D eigenvalue weighted by atomic mass is 10.1. The third-order valence-electron chi connectivity index (χ3n) is 5.34. The van der Waals surface area contributed by atoms with Gasteiger partial charge in [-0.1, -0.05) is 47.1 Å². The Labute approximate surface area is 208 Å². The van der Waals surface area contributed by atoms with E-state index in [9.17, 15) is 4.79 Å². The highest BCUT2D eigenvalue weighted by Gasteiger charge is 2.15. The number of rotatable bonds is 9. The average Bonchev–Trinajstić information content (AvgIpc) is 3.43. The van der Waals surface area contributed by atoms with Crippen LogP contribution in [0.1, 0.15) is 35.3 Å². The fourth-order valence-corrected chi connectivity index (χ4v) is 3.78. The smallest absolute Gasteiger partial charge is 0.331 e. The number of esters is 1. The molecule has 0 saturated carbocycles. The molecule has 0 radical (unpaired) electrons. The molecule has 0 aliphatic heterocycles. The number of para-hydroxylation sites is 1. The summed E-state index contributed by atoms with van der Waals surface area (Å²) in [5.41, 5.74) is 4.24. The molecule has 0 atom stereocenters. The summed E-state index contributed by atoms with van der Waals surface area (Å²) in [6.45, 7) is 6.65. The first-order chi connectivity index (χ1) is 17.0. The fraction of sp³-hybridized carbons (Fsp3) is 0.231. The molecule has 8 nitrogen and oxygen atoms in total. The number of hydrogen-bond donors (Lipinski definition) is 0. The van der Waals surface area contributed by atoms with E-state index < -0.39 is 5.97 Å². The maximum atomic E-state index is 12.3. The molecular formula is C26H25ClN4O4. The Morgan fingerprint density at radius 1 is 1.14 bits per heavy atom. The van der Waals surface area contributed by atoms with E-state index in [1.165, 1.54) is 6.08 Å². The number of carbonyl (C=O) groups excluding carboxylic acids is 1. The molecule has 4 rings (SSSR count). The van der Waals surface area contributed by atoms with Gasteiger partial charge in [0.2, 0.25) is 5.82 Å². The Bertz CT molecular complexity index is 1360. The average molecular weight is 493 g/mol. The van der Waals surface area contributed by atoms with Crippen LogP contribution >= 0.6 is 11.6 Å². The molecular weight excluding hydrogens is 468 g/mol. The first-order valence-corrected chi connectivity index (χ1v) is 11.5. The number of nitrogens with zero attached hydrogens (tertiary/aromatic N) is 4. The number of halogens is 1. The summed E-state index contributed by atoms with van der Waals surface area (Å²) in [4.78, 5) is 16.6. The van der Waals surface area contributed by atoms with Crippen LogP contribution in [0.5, 0.6) is 5.75 Å². The molecule has 2 heterocycles. The van der Waals surface area contributed by atoms with E-state index in [0.717, 1.165) is 22.5 Å². The molecule has 0 bridgehead atoms. The van der Waals surface area contributed by atoms with Crippen molar-refractivity contribution in [3.05, 3.63) is 88.0 Å². The van der Waals surface area contributed by atoms with Crippen molar-refractivity contribution in [3.63, 3.8) is 0 Å². The van der Waals surface area contributed by atoms with Crippen molar-refractivity contribution in [3.8, 4) is 17.1 Å². The number of carbonyl (C=O) groups is 1. The maximum absolute atomic E-state index is 12.3. The van der Waals surface area contributed by atoms with Crippen LogP contribution in [0.25, 0.3) is 17.5 Å². The van der Waals surface area contributed by atoms with E-state index in [1.54, 1.807) is 6.08 Å². The topological polar surface area (TPSA) is 92.3 Å². The molecule has 9 heteroatoms. The minimum atomic E-state index is -0.530. The molecule has 35 heavy (non-hydrogen) atoms. The molecule has 0 aliphatic rings. The Hall–Kier alpha value is -3.91. The largest absolute Gasteiger partial charge is 0.493 e. The summed E-state index contributed by atoms with van der Waals surface area (Å²) in [6, 6.07) is 15.0. The van der Waals surface area contributed by atoms with Gasteiger partial charge in [-0.15, -0.1) is 0 Å². The van der Waals surface area contributed by atoms with Crippen LogP contribution in [0, 0.1) is 13.8 Å². The van der Waals surface area contributed by atoms with Crippen LogP contribution in [0.4, 0.5) is 0 Å². The number of aryl methyl sites for hydroxylation is 1. The quantitative estimate of drug-likeness (QED) is 0.228. The zero-order chi connectivity index (χ0) is 24.8.